The summed E-state index contributed by atoms with van der Waals surface area (Å²) in [6.07, 6.45) is 0.494. The molecule has 0 unspecified atom stereocenters. The van der Waals surface area contributed by atoms with Crippen LogP contribution in [0.2, 0.25) is 10.0 Å². The molecule has 1 aliphatic heterocycles. The zero-order valence-corrected chi connectivity index (χ0v) is 26.2. The van der Waals surface area contributed by atoms with Gasteiger partial charge in [0.15, 0.2) is 0 Å². The fourth-order valence-corrected chi connectivity index (χ4v) is 8.15. The highest BCUT2D eigenvalue weighted by atomic mass is 35.5. The lowest BCUT2D eigenvalue weighted by atomic mass is 9.66. The van der Waals surface area contributed by atoms with Crippen molar-refractivity contribution in [2.45, 2.75) is 88.6 Å². The molecule has 0 spiro atoms. The van der Waals surface area contributed by atoms with E-state index in [0.717, 1.165) is 0 Å². The van der Waals surface area contributed by atoms with E-state index in [9.17, 15) is 23.1 Å². The Labute approximate surface area is 255 Å². The van der Waals surface area contributed by atoms with E-state index in [-0.39, 0.29) is 12.8 Å². The van der Waals surface area contributed by atoms with Gasteiger partial charge in [-0.15, -0.1) is 4.31 Å². The van der Waals surface area contributed by atoms with Gasteiger partial charge in [-0.1, -0.05) is 54.4 Å². The first-order valence-corrected chi connectivity index (χ1v) is 16.0. The van der Waals surface area contributed by atoms with Gasteiger partial charge in [-0.25, -0.2) is 8.42 Å². The number of carboxylic acid groups (broad SMARTS) is 1. The zero-order chi connectivity index (χ0) is 31.3. The minimum atomic E-state index is -4.61. The Morgan fingerprint density at radius 3 is 2.24 bits per heavy atom. The molecular formula is C30H36Cl2F2N2O5S. The van der Waals surface area contributed by atoms with E-state index in [0.29, 0.717) is 38.3 Å². The molecule has 0 aromatic heterocycles. The van der Waals surface area contributed by atoms with E-state index in [1.54, 1.807) is 55.5 Å². The molecule has 2 aromatic rings. The first-order chi connectivity index (χ1) is 19.4. The Morgan fingerprint density at radius 1 is 1.12 bits per heavy atom. The van der Waals surface area contributed by atoms with Crippen LogP contribution >= 0.6 is 23.2 Å². The Morgan fingerprint density at radius 2 is 1.74 bits per heavy atom. The number of alkyl halides is 2. The predicted molar refractivity (Wildman–Crippen MR) is 158 cm³/mol. The number of amides is 1. The summed E-state index contributed by atoms with van der Waals surface area (Å²) in [4.78, 5) is 25.3. The van der Waals surface area contributed by atoms with Crippen LogP contribution in [0.3, 0.4) is 0 Å². The van der Waals surface area contributed by atoms with Gasteiger partial charge in [-0.05, 0) is 87.8 Å². The van der Waals surface area contributed by atoms with Crippen LogP contribution in [-0.2, 0) is 25.2 Å². The monoisotopic (exact) mass is 644 g/mol. The second-order valence-corrected chi connectivity index (χ2v) is 16.1. The van der Waals surface area contributed by atoms with E-state index in [4.69, 9.17) is 23.2 Å². The van der Waals surface area contributed by atoms with Gasteiger partial charge in [0, 0.05) is 22.0 Å². The highest BCUT2D eigenvalue weighted by molar-refractivity contribution is 7.90. The maximum Gasteiger partial charge on any atom is 0.308 e. The van der Waals surface area contributed by atoms with Crippen LogP contribution in [0.1, 0.15) is 76.8 Å². The lowest BCUT2D eigenvalue weighted by molar-refractivity contribution is -0.148. The zero-order valence-electron chi connectivity index (χ0n) is 23.9. The van der Waals surface area contributed by atoms with Crippen molar-refractivity contribution in [3.63, 3.8) is 0 Å². The van der Waals surface area contributed by atoms with Crippen molar-refractivity contribution in [2.24, 2.45) is 11.3 Å². The average molecular weight is 646 g/mol. The minimum absolute atomic E-state index is 0.0954. The number of benzene rings is 2. The summed E-state index contributed by atoms with van der Waals surface area (Å²) in [6, 6.07) is 12.3. The van der Waals surface area contributed by atoms with Gasteiger partial charge < -0.3 is 10.4 Å². The van der Waals surface area contributed by atoms with E-state index in [1.165, 1.54) is 20.8 Å². The van der Waals surface area contributed by atoms with Gasteiger partial charge in [-0.2, -0.15) is 8.78 Å². The standard InChI is InChI=1S/C30H36Cl2F2N2O5S/c1-28(2,3)42(40,41)36(27(33)34)30(19-8-9-19,20-10-12-21(31)13-11-20)16-24-23(18-6-5-7-22(32)14-18)15-29(4,17-25(37)38)26(39)35-24/h5-7,10-14,19,23-24,27H,8-9,15-17H2,1-4H3,(H,35,39)(H,37,38)/t23-,24+,29+,30+/m1/s1. The molecule has 1 aliphatic carbocycles. The summed E-state index contributed by atoms with van der Waals surface area (Å²) in [5, 5.41) is 13.3. The molecule has 0 radical (unpaired) electrons. The van der Waals surface area contributed by atoms with Crippen molar-refractivity contribution in [2.75, 3.05) is 0 Å². The van der Waals surface area contributed by atoms with Crippen LogP contribution < -0.4 is 5.32 Å². The average Bonchev–Trinajstić information content (AvgIpc) is 3.71. The number of hydrogen-bond acceptors (Lipinski definition) is 4. The van der Waals surface area contributed by atoms with Gasteiger partial charge in [0.1, 0.15) is 0 Å². The molecule has 4 rings (SSSR count). The number of aliphatic carboxylic acids is 1. The quantitative estimate of drug-likeness (QED) is 0.277. The number of rotatable bonds is 10. The number of nitrogens with zero attached hydrogens (tertiary/aromatic N) is 1. The maximum absolute atomic E-state index is 15.3. The largest absolute Gasteiger partial charge is 0.481 e. The van der Waals surface area contributed by atoms with Gasteiger partial charge >= 0.3 is 12.5 Å². The second-order valence-electron chi connectivity index (χ2n) is 12.7. The molecule has 7 nitrogen and oxygen atoms in total. The molecule has 230 valence electrons. The Kier molecular flexibility index (Phi) is 9.07. The smallest absolute Gasteiger partial charge is 0.308 e. The van der Waals surface area contributed by atoms with Gasteiger partial charge in [0.25, 0.3) is 0 Å². The molecule has 2 N–H and O–H groups in total. The lowest BCUT2D eigenvalue weighted by Crippen LogP contribution is -2.62. The molecule has 42 heavy (non-hydrogen) atoms. The third kappa shape index (κ3) is 6.18. The summed E-state index contributed by atoms with van der Waals surface area (Å²) in [5.41, 5.74) is -1.99. The molecule has 2 aliphatic rings. The van der Waals surface area contributed by atoms with Crippen LogP contribution in [0.4, 0.5) is 8.78 Å². The third-order valence-electron chi connectivity index (χ3n) is 8.57. The van der Waals surface area contributed by atoms with E-state index in [1.807, 2.05) is 0 Å². The number of piperidine rings is 1. The third-order valence-corrected chi connectivity index (χ3v) is 11.6. The Hall–Kier alpha value is -2.27. The number of carbonyl (C=O) groups excluding carboxylic acids is 1. The minimum Gasteiger partial charge on any atom is -0.481 e. The normalized spacial score (nSPS) is 24.9. The van der Waals surface area contributed by atoms with Crippen LogP contribution in [0.15, 0.2) is 48.5 Å². The molecule has 0 bridgehead atoms. The number of carboxylic acids is 1. The van der Waals surface area contributed by atoms with Crippen molar-refractivity contribution < 1.29 is 31.9 Å². The molecule has 1 saturated heterocycles. The van der Waals surface area contributed by atoms with Crippen LogP contribution in [-0.4, -0.2) is 47.0 Å². The van der Waals surface area contributed by atoms with Crippen molar-refractivity contribution in [3.05, 3.63) is 69.7 Å². The molecule has 2 aromatic carbocycles. The van der Waals surface area contributed by atoms with Crippen molar-refractivity contribution in [3.8, 4) is 0 Å². The number of sulfonamides is 1. The van der Waals surface area contributed by atoms with Gasteiger partial charge in [0.05, 0.1) is 22.1 Å². The number of halogens is 4. The van der Waals surface area contributed by atoms with E-state index in [2.05, 4.69) is 5.32 Å². The summed E-state index contributed by atoms with van der Waals surface area (Å²) >= 11 is 12.5. The van der Waals surface area contributed by atoms with Crippen molar-refractivity contribution >= 4 is 45.1 Å². The number of carbonyl (C=O) groups is 2. The van der Waals surface area contributed by atoms with E-state index >= 15 is 8.78 Å². The summed E-state index contributed by atoms with van der Waals surface area (Å²) in [7, 11) is -4.61. The fraction of sp³-hybridized carbons (Fsp3) is 0.533. The van der Waals surface area contributed by atoms with Crippen molar-refractivity contribution in [1.29, 1.82) is 0 Å². The number of hydrogen-bond donors (Lipinski definition) is 2. The van der Waals surface area contributed by atoms with E-state index < -0.39 is 68.4 Å². The summed E-state index contributed by atoms with van der Waals surface area (Å²) in [6.45, 7) is 2.32. The molecule has 4 atom stereocenters. The highest BCUT2D eigenvalue weighted by Crippen LogP contribution is 2.57. The van der Waals surface area contributed by atoms with Crippen molar-refractivity contribution in [1.82, 2.24) is 9.62 Å². The first-order valence-electron chi connectivity index (χ1n) is 13.8. The number of nitrogens with one attached hydrogen (secondary N) is 1. The lowest BCUT2D eigenvalue weighted by Gasteiger charge is -2.50. The van der Waals surface area contributed by atoms with Gasteiger partial charge in [0.2, 0.25) is 15.9 Å². The highest BCUT2D eigenvalue weighted by Gasteiger charge is 2.61. The second kappa shape index (κ2) is 11.7. The Balaban J connectivity index is 1.95. The Bertz CT molecular complexity index is 1450. The predicted octanol–water partition coefficient (Wildman–Crippen LogP) is 6.80. The van der Waals surface area contributed by atoms with Crippen LogP contribution in [0.25, 0.3) is 0 Å². The summed E-state index contributed by atoms with van der Waals surface area (Å²) in [5.74, 6) is -2.69. The molecule has 1 saturated carbocycles. The van der Waals surface area contributed by atoms with Crippen LogP contribution in [0.5, 0.6) is 0 Å². The SMILES string of the molecule is CC(C)(C)S(=O)(=O)N(C(F)F)[C@](C[C@@H]1NC(=O)[C@](C)(CC(=O)O)C[C@@H]1c1cccc(Cl)c1)(c1ccc(Cl)cc1)C1CC1. The molecule has 12 heteroatoms. The van der Waals surface area contributed by atoms with Gasteiger partial charge in [-0.3, -0.25) is 9.59 Å². The summed E-state index contributed by atoms with van der Waals surface area (Å²) < 4.78 is 57.4. The first kappa shape index (κ1) is 32.6. The maximum atomic E-state index is 15.3. The fourth-order valence-electron chi connectivity index (χ4n) is 6.27. The molecule has 2 fully saturated rings. The molecular weight excluding hydrogens is 609 g/mol. The molecule has 1 heterocycles. The van der Waals surface area contributed by atoms with Crippen LogP contribution in [0, 0.1) is 11.3 Å². The topological polar surface area (TPSA) is 104 Å². The molecule has 1 amide bonds.